The summed E-state index contributed by atoms with van der Waals surface area (Å²) in [5, 5.41) is 21.5. The molecule has 1 aliphatic carbocycles. The quantitative estimate of drug-likeness (QED) is 0.0331. The normalized spacial score (nSPS) is 17.6. The number of carboxylic acid groups (broad SMARTS) is 1. The number of quaternary nitrogens is 1. The van der Waals surface area contributed by atoms with Crippen molar-refractivity contribution < 1.29 is 54.8 Å². The van der Waals surface area contributed by atoms with E-state index in [0.29, 0.717) is 79.7 Å². The molecule has 3 aliphatic rings. The van der Waals surface area contributed by atoms with E-state index in [1.165, 1.54) is 70.3 Å². The van der Waals surface area contributed by atoms with Crippen LogP contribution in [0.4, 0.5) is 13.2 Å². The van der Waals surface area contributed by atoms with Crippen LogP contribution >= 0.6 is 0 Å². The number of carbonyl (C=O) groups excluding carboxylic acids is 1. The number of fused-ring (bicyclic) bond motifs is 1. The number of aromatic nitrogens is 3. The van der Waals surface area contributed by atoms with E-state index in [1.807, 2.05) is 20.3 Å². The molecular weight excluding hydrogens is 974 g/mol. The van der Waals surface area contributed by atoms with Crippen molar-refractivity contribution in [2.75, 3.05) is 52.6 Å². The van der Waals surface area contributed by atoms with Crippen LogP contribution in [0.3, 0.4) is 0 Å². The maximum atomic E-state index is 13.6. The third-order valence-electron chi connectivity index (χ3n) is 15.7. The molecule has 1 amide bonds. The topological polar surface area (TPSA) is 176 Å². The number of hydrogen-bond acceptors (Lipinski definition) is 10. The van der Waals surface area contributed by atoms with Gasteiger partial charge in [-0.2, -0.15) is 0 Å². The third-order valence-corrected chi connectivity index (χ3v) is 16.5. The van der Waals surface area contributed by atoms with Crippen LogP contribution in [0.15, 0.2) is 42.6 Å². The zero-order valence-corrected chi connectivity index (χ0v) is 45.2. The molecule has 2 aliphatic heterocycles. The highest BCUT2D eigenvalue weighted by atomic mass is 32.2. The number of alkyl halides is 3. The fourth-order valence-corrected chi connectivity index (χ4v) is 11.6. The Bertz CT molecular complexity index is 2320. The van der Waals surface area contributed by atoms with Crippen LogP contribution in [0.1, 0.15) is 176 Å². The molecule has 0 spiro atoms. The van der Waals surface area contributed by atoms with Crippen molar-refractivity contribution in [3.8, 4) is 17.2 Å². The second kappa shape index (κ2) is 28.8. The highest BCUT2D eigenvalue weighted by Gasteiger charge is 2.40. The lowest BCUT2D eigenvalue weighted by atomic mass is 9.81. The molecule has 6 rings (SSSR count). The number of aryl methyl sites for hydroxylation is 2. The molecule has 3 aromatic rings. The standard InChI is InChI=1S/C56H85F3N6O8S/c1-42(55(67)68)54(45-23-24-45)46-25-22-43-26-28-50(72-52(43)39-46)44-30-33-63(34-31-44)40-47-38-49(27-29-51(47)73-56(57,58)59)64-41-48(61-62-64)20-17-15-13-11-9-7-5-4-6-8-10-12-14-16-18-21-53(66)60-32-36-65(2,3)35-19-37-74(69,70)71/h22,25,27,29,38-39,41-42,44-45,50,54H,4-21,23-24,26,28,30-37,40H2,1-3H3,(H2-,60,66,67,68,69,70,71)/t42-,50+,54-/m0/s1. The smallest absolute Gasteiger partial charge is 0.573 e. The lowest BCUT2D eigenvalue weighted by molar-refractivity contribution is -0.889. The maximum Gasteiger partial charge on any atom is 0.573 e. The zero-order chi connectivity index (χ0) is 53.1. The van der Waals surface area contributed by atoms with Crippen molar-refractivity contribution in [3.05, 3.63) is 65.0 Å². The van der Waals surface area contributed by atoms with Gasteiger partial charge in [-0.05, 0) is 124 Å². The number of likely N-dealkylation sites (N-methyl/N-ethyl adjacent to an activating group) is 1. The van der Waals surface area contributed by atoms with E-state index < -0.39 is 28.4 Å². The molecule has 2 N–H and O–H groups in total. The van der Waals surface area contributed by atoms with Gasteiger partial charge in [0.2, 0.25) is 5.91 Å². The molecule has 74 heavy (non-hydrogen) atoms. The molecule has 0 bridgehead atoms. The molecule has 414 valence electrons. The fourth-order valence-electron chi connectivity index (χ4n) is 11.1. The summed E-state index contributed by atoms with van der Waals surface area (Å²) in [5.74, 6) is -0.199. The maximum absolute atomic E-state index is 13.6. The van der Waals surface area contributed by atoms with Gasteiger partial charge in [0, 0.05) is 30.7 Å². The molecule has 0 radical (unpaired) electrons. The number of hydrogen-bond donors (Lipinski definition) is 2. The number of halogens is 3. The van der Waals surface area contributed by atoms with Crippen LogP contribution in [0.25, 0.3) is 5.69 Å². The summed E-state index contributed by atoms with van der Waals surface area (Å²) in [7, 11) is -0.254. The summed E-state index contributed by atoms with van der Waals surface area (Å²) in [6.45, 7) is 5.32. The number of rotatable bonds is 34. The number of benzene rings is 2. The third kappa shape index (κ3) is 20.7. The predicted octanol–water partition coefficient (Wildman–Crippen LogP) is 10.9. The van der Waals surface area contributed by atoms with Crippen LogP contribution < -0.4 is 14.8 Å². The second-order valence-corrected chi connectivity index (χ2v) is 23.8. The largest absolute Gasteiger partial charge is 0.748 e. The van der Waals surface area contributed by atoms with Crippen LogP contribution in [0.2, 0.25) is 0 Å². The summed E-state index contributed by atoms with van der Waals surface area (Å²) in [6.07, 6.45) is 22.0. The first kappa shape index (κ1) is 59.0. The Labute approximate surface area is 438 Å². The first-order chi connectivity index (χ1) is 35.3. The Hall–Kier alpha value is -4.26. The number of amides is 1. The Morgan fingerprint density at radius 3 is 2.11 bits per heavy atom. The van der Waals surface area contributed by atoms with Crippen LogP contribution in [0.5, 0.6) is 11.5 Å². The van der Waals surface area contributed by atoms with Crippen molar-refractivity contribution >= 4 is 22.0 Å². The van der Waals surface area contributed by atoms with Gasteiger partial charge in [0.1, 0.15) is 17.6 Å². The Balaban J connectivity index is 0.809. The lowest BCUT2D eigenvalue weighted by Gasteiger charge is -2.38. The van der Waals surface area contributed by atoms with Crippen LogP contribution in [-0.4, -0.2) is 119 Å². The molecule has 18 heteroatoms. The molecule has 14 nitrogen and oxygen atoms in total. The van der Waals surface area contributed by atoms with Gasteiger partial charge in [-0.1, -0.05) is 108 Å². The van der Waals surface area contributed by atoms with Crippen molar-refractivity contribution in [1.82, 2.24) is 25.2 Å². The highest BCUT2D eigenvalue weighted by Crippen LogP contribution is 2.48. The predicted molar refractivity (Wildman–Crippen MR) is 279 cm³/mol. The number of aliphatic carboxylic acids is 1. The van der Waals surface area contributed by atoms with Gasteiger partial charge in [-0.3, -0.25) is 14.5 Å². The second-order valence-electron chi connectivity index (χ2n) is 22.3. The molecular formula is C56H85F3N6O8S. The molecule has 1 saturated carbocycles. The van der Waals surface area contributed by atoms with Crippen molar-refractivity contribution in [1.29, 1.82) is 0 Å². The molecule has 1 saturated heterocycles. The first-order valence-corrected chi connectivity index (χ1v) is 29.5. The van der Waals surface area contributed by atoms with Crippen molar-refractivity contribution in [2.24, 2.45) is 17.8 Å². The minimum absolute atomic E-state index is 0.0244. The number of unbranched alkanes of at least 4 members (excludes halogenated alkanes) is 14. The summed E-state index contributed by atoms with van der Waals surface area (Å²) in [4.78, 5) is 26.3. The summed E-state index contributed by atoms with van der Waals surface area (Å²) in [5.41, 5.74) is 4.13. The average molecular weight is 1060 g/mol. The van der Waals surface area contributed by atoms with Gasteiger partial charge in [0.05, 0.1) is 67.3 Å². The Morgan fingerprint density at radius 1 is 0.865 bits per heavy atom. The summed E-state index contributed by atoms with van der Waals surface area (Å²) in [6, 6.07) is 11.0. The van der Waals surface area contributed by atoms with Gasteiger partial charge in [0.15, 0.2) is 0 Å². The molecule has 2 aromatic carbocycles. The van der Waals surface area contributed by atoms with E-state index in [1.54, 1.807) is 23.7 Å². The van der Waals surface area contributed by atoms with E-state index in [9.17, 15) is 40.8 Å². The summed E-state index contributed by atoms with van der Waals surface area (Å²) < 4.78 is 86.6. The number of nitrogens with zero attached hydrogens (tertiary/aromatic N) is 5. The first-order valence-electron chi connectivity index (χ1n) is 27.9. The molecule has 3 heterocycles. The lowest BCUT2D eigenvalue weighted by Crippen LogP contribution is -2.46. The monoisotopic (exact) mass is 1060 g/mol. The van der Waals surface area contributed by atoms with E-state index in [0.717, 1.165) is 99.6 Å². The van der Waals surface area contributed by atoms with E-state index in [4.69, 9.17) is 4.74 Å². The number of likely N-dealkylation sites (tertiary alicyclic amines) is 1. The number of carbonyl (C=O) groups is 2. The van der Waals surface area contributed by atoms with E-state index in [2.05, 4.69) is 43.5 Å². The minimum Gasteiger partial charge on any atom is -0.748 e. The number of ether oxygens (including phenoxy) is 2. The summed E-state index contributed by atoms with van der Waals surface area (Å²) >= 11 is 0. The number of carboxylic acids is 1. The van der Waals surface area contributed by atoms with Crippen LogP contribution in [-0.2, 0) is 39.1 Å². The molecule has 3 atom stereocenters. The Morgan fingerprint density at radius 2 is 1.50 bits per heavy atom. The van der Waals surface area contributed by atoms with Gasteiger partial charge in [0.25, 0.3) is 0 Å². The van der Waals surface area contributed by atoms with Crippen molar-refractivity contribution in [3.63, 3.8) is 0 Å². The van der Waals surface area contributed by atoms with E-state index in [-0.39, 0.29) is 29.4 Å². The molecule has 0 unspecified atom stereocenters. The van der Waals surface area contributed by atoms with Crippen molar-refractivity contribution in [2.45, 2.75) is 186 Å². The zero-order valence-electron chi connectivity index (χ0n) is 44.4. The van der Waals surface area contributed by atoms with E-state index >= 15 is 0 Å². The number of piperidine rings is 1. The fraction of sp³-hybridized carbons (Fsp3) is 0.714. The average Bonchev–Trinajstić information content (AvgIpc) is 4.07. The highest BCUT2D eigenvalue weighted by molar-refractivity contribution is 7.85. The van der Waals surface area contributed by atoms with Gasteiger partial charge >= 0.3 is 12.3 Å². The van der Waals surface area contributed by atoms with Gasteiger partial charge < -0.3 is 28.9 Å². The van der Waals surface area contributed by atoms with Gasteiger partial charge in [-0.25, -0.2) is 13.1 Å². The number of nitrogens with one attached hydrogen (secondary N) is 1. The molecule has 2 fully saturated rings. The Kier molecular flexibility index (Phi) is 22.9. The molecule has 1 aromatic heterocycles. The van der Waals surface area contributed by atoms with Crippen LogP contribution in [0, 0.1) is 17.8 Å². The van der Waals surface area contributed by atoms with Gasteiger partial charge in [-0.15, -0.1) is 18.3 Å². The SMILES string of the molecule is C[C@H](C(=O)O)[C@H](c1ccc2c(c1)O[C@@H](C1CCN(Cc3cc(-n4cc(CCCCCCCCCCCCCCCCCC(=O)NCC[N+](C)(C)CCCS(=O)(=O)[O-])nn4)ccc3OC(F)(F)F)CC1)CC2)C1CC1. The minimum atomic E-state index is -4.82.